The Kier molecular flexibility index (Phi) is 6.60. The second-order valence-electron chi connectivity index (χ2n) is 7.92. The standard InChI is InChI=1S/C20H33N3O2/c1-14-11-23(12-15(2)25-14)20(4,5)13-22-19(24)16(3)18(21)17-9-7-6-8-10-17/h6-10,14-16,18H,11-13,21H2,1-5H3,(H,22,24). The van der Waals surface area contributed by atoms with Gasteiger partial charge in [-0.25, -0.2) is 0 Å². The van der Waals surface area contributed by atoms with Gasteiger partial charge in [0.15, 0.2) is 0 Å². The highest BCUT2D eigenvalue weighted by molar-refractivity contribution is 5.79. The summed E-state index contributed by atoms with van der Waals surface area (Å²) in [5.74, 6) is -0.278. The number of nitrogens with zero attached hydrogens (tertiary/aromatic N) is 1. The lowest BCUT2D eigenvalue weighted by Gasteiger charge is -2.45. The summed E-state index contributed by atoms with van der Waals surface area (Å²) in [6, 6.07) is 9.48. The summed E-state index contributed by atoms with van der Waals surface area (Å²) in [6.07, 6.45) is 0.424. The van der Waals surface area contributed by atoms with Gasteiger partial charge >= 0.3 is 0 Å². The van der Waals surface area contributed by atoms with Gasteiger partial charge in [-0.1, -0.05) is 37.3 Å². The maximum atomic E-state index is 12.6. The average molecular weight is 348 g/mol. The van der Waals surface area contributed by atoms with Crippen molar-refractivity contribution in [3.63, 3.8) is 0 Å². The number of carbonyl (C=O) groups excluding carboxylic acids is 1. The van der Waals surface area contributed by atoms with Gasteiger partial charge in [-0.05, 0) is 33.3 Å². The van der Waals surface area contributed by atoms with Crippen molar-refractivity contribution >= 4 is 5.91 Å². The molecule has 4 atom stereocenters. The highest BCUT2D eigenvalue weighted by Gasteiger charge is 2.34. The molecule has 5 nitrogen and oxygen atoms in total. The fourth-order valence-electron chi connectivity index (χ4n) is 3.38. The summed E-state index contributed by atoms with van der Waals surface area (Å²) >= 11 is 0. The molecule has 4 unspecified atom stereocenters. The zero-order valence-electron chi connectivity index (χ0n) is 16.2. The van der Waals surface area contributed by atoms with Gasteiger partial charge in [0.25, 0.3) is 0 Å². The third kappa shape index (κ3) is 5.27. The molecule has 3 N–H and O–H groups in total. The van der Waals surface area contributed by atoms with Crippen molar-refractivity contribution in [3.8, 4) is 0 Å². The first-order valence-electron chi connectivity index (χ1n) is 9.19. The lowest BCUT2D eigenvalue weighted by Crippen LogP contribution is -2.59. The van der Waals surface area contributed by atoms with E-state index in [9.17, 15) is 4.79 Å². The number of rotatable bonds is 6. The first kappa shape index (κ1) is 19.9. The molecule has 0 saturated carbocycles. The lowest BCUT2D eigenvalue weighted by molar-refractivity contribution is -0.126. The molecule has 1 aliphatic rings. The first-order chi connectivity index (χ1) is 11.7. The Labute approximate surface area is 151 Å². The van der Waals surface area contributed by atoms with Gasteiger partial charge in [0.05, 0.1) is 18.1 Å². The van der Waals surface area contributed by atoms with Gasteiger partial charge in [0.1, 0.15) is 0 Å². The van der Waals surface area contributed by atoms with E-state index < -0.39 is 0 Å². The Hall–Kier alpha value is -1.43. The predicted molar refractivity (Wildman–Crippen MR) is 101 cm³/mol. The molecule has 1 aromatic rings. The van der Waals surface area contributed by atoms with Crippen LogP contribution in [0.2, 0.25) is 0 Å². The molecule has 1 amide bonds. The number of hydrogen-bond acceptors (Lipinski definition) is 4. The Morgan fingerprint density at radius 1 is 1.28 bits per heavy atom. The molecule has 1 fully saturated rings. The molecule has 0 aromatic heterocycles. The van der Waals surface area contributed by atoms with Crippen LogP contribution in [0.25, 0.3) is 0 Å². The molecule has 140 valence electrons. The minimum atomic E-state index is -0.298. The molecule has 25 heavy (non-hydrogen) atoms. The summed E-state index contributed by atoms with van der Waals surface area (Å²) in [5.41, 5.74) is 7.13. The molecule has 2 rings (SSSR count). The summed E-state index contributed by atoms with van der Waals surface area (Å²) in [6.45, 7) is 12.8. The molecule has 0 spiro atoms. The highest BCUT2D eigenvalue weighted by Crippen LogP contribution is 2.22. The van der Waals surface area contributed by atoms with Crippen molar-refractivity contribution in [2.75, 3.05) is 19.6 Å². The molecule has 1 heterocycles. The van der Waals surface area contributed by atoms with Gasteiger partial charge in [-0.3, -0.25) is 9.69 Å². The van der Waals surface area contributed by atoms with Crippen molar-refractivity contribution in [2.45, 2.75) is 58.4 Å². The lowest BCUT2D eigenvalue weighted by atomic mass is 9.94. The van der Waals surface area contributed by atoms with Crippen LogP contribution in [0.5, 0.6) is 0 Å². The quantitative estimate of drug-likeness (QED) is 0.829. The van der Waals surface area contributed by atoms with Gasteiger partial charge < -0.3 is 15.8 Å². The highest BCUT2D eigenvalue weighted by atomic mass is 16.5. The largest absolute Gasteiger partial charge is 0.373 e. The average Bonchev–Trinajstić information content (AvgIpc) is 2.58. The number of benzene rings is 1. The van der Waals surface area contributed by atoms with E-state index in [1.807, 2.05) is 37.3 Å². The Bertz CT molecular complexity index is 551. The van der Waals surface area contributed by atoms with Gasteiger partial charge in [0, 0.05) is 31.2 Å². The number of hydrogen-bond donors (Lipinski definition) is 2. The minimum absolute atomic E-state index is 0.00113. The van der Waals surface area contributed by atoms with Crippen LogP contribution in [-0.4, -0.2) is 48.2 Å². The normalized spacial score (nSPS) is 24.6. The monoisotopic (exact) mass is 347 g/mol. The Morgan fingerprint density at radius 2 is 1.84 bits per heavy atom. The Morgan fingerprint density at radius 3 is 2.40 bits per heavy atom. The minimum Gasteiger partial charge on any atom is -0.373 e. The maximum absolute atomic E-state index is 12.6. The number of nitrogens with one attached hydrogen (secondary N) is 1. The molecule has 1 saturated heterocycles. The van der Waals surface area contributed by atoms with E-state index in [0.29, 0.717) is 6.54 Å². The zero-order chi connectivity index (χ0) is 18.6. The van der Waals surface area contributed by atoms with Crippen LogP contribution >= 0.6 is 0 Å². The van der Waals surface area contributed by atoms with Crippen LogP contribution < -0.4 is 11.1 Å². The molecule has 0 radical (unpaired) electrons. The van der Waals surface area contributed by atoms with E-state index in [0.717, 1.165) is 18.7 Å². The molecular weight excluding hydrogens is 314 g/mol. The van der Waals surface area contributed by atoms with Crippen molar-refractivity contribution in [1.82, 2.24) is 10.2 Å². The maximum Gasteiger partial charge on any atom is 0.224 e. The predicted octanol–water partition coefficient (Wildman–Crippen LogP) is 2.33. The van der Waals surface area contributed by atoms with Crippen LogP contribution in [0.4, 0.5) is 0 Å². The van der Waals surface area contributed by atoms with E-state index >= 15 is 0 Å². The fraction of sp³-hybridized carbons (Fsp3) is 0.650. The van der Waals surface area contributed by atoms with Crippen LogP contribution in [0.3, 0.4) is 0 Å². The van der Waals surface area contributed by atoms with E-state index in [1.165, 1.54) is 0 Å². The van der Waals surface area contributed by atoms with E-state index in [2.05, 4.69) is 37.9 Å². The summed E-state index contributed by atoms with van der Waals surface area (Å²) < 4.78 is 5.81. The summed E-state index contributed by atoms with van der Waals surface area (Å²) in [4.78, 5) is 15.0. The third-order valence-corrected chi connectivity index (χ3v) is 5.11. The molecule has 0 bridgehead atoms. The van der Waals surface area contributed by atoms with Crippen molar-refractivity contribution in [3.05, 3.63) is 35.9 Å². The van der Waals surface area contributed by atoms with Crippen molar-refractivity contribution < 1.29 is 9.53 Å². The van der Waals surface area contributed by atoms with Crippen LogP contribution in [0, 0.1) is 5.92 Å². The molecule has 1 aliphatic heterocycles. The van der Waals surface area contributed by atoms with Crippen LogP contribution in [0.1, 0.15) is 46.2 Å². The third-order valence-electron chi connectivity index (χ3n) is 5.11. The fourth-order valence-corrected chi connectivity index (χ4v) is 3.38. The second kappa shape index (κ2) is 8.30. The molecule has 5 heteroatoms. The Balaban J connectivity index is 1.91. The van der Waals surface area contributed by atoms with E-state index in [1.54, 1.807) is 0 Å². The number of morpholine rings is 1. The number of ether oxygens (including phenoxy) is 1. The first-order valence-corrected chi connectivity index (χ1v) is 9.19. The zero-order valence-corrected chi connectivity index (χ0v) is 16.2. The molecule has 1 aromatic carbocycles. The summed E-state index contributed by atoms with van der Waals surface area (Å²) in [7, 11) is 0. The van der Waals surface area contributed by atoms with Crippen molar-refractivity contribution in [2.24, 2.45) is 11.7 Å². The second-order valence-corrected chi connectivity index (χ2v) is 7.92. The van der Waals surface area contributed by atoms with Gasteiger partial charge in [0.2, 0.25) is 5.91 Å². The SMILES string of the molecule is CC1CN(C(C)(C)CNC(=O)C(C)C(N)c2ccccc2)CC(C)O1. The topological polar surface area (TPSA) is 67.6 Å². The van der Waals surface area contributed by atoms with Gasteiger partial charge in [-0.15, -0.1) is 0 Å². The molecular formula is C20H33N3O2. The number of amides is 1. The van der Waals surface area contributed by atoms with Gasteiger partial charge in [-0.2, -0.15) is 0 Å². The smallest absolute Gasteiger partial charge is 0.224 e. The molecule has 0 aliphatic carbocycles. The number of carbonyl (C=O) groups is 1. The van der Waals surface area contributed by atoms with E-state index in [4.69, 9.17) is 10.5 Å². The number of nitrogens with two attached hydrogens (primary N) is 1. The van der Waals surface area contributed by atoms with Crippen molar-refractivity contribution in [1.29, 1.82) is 0 Å². The van der Waals surface area contributed by atoms with Crippen LogP contribution in [0.15, 0.2) is 30.3 Å². The summed E-state index contributed by atoms with van der Waals surface area (Å²) in [5, 5.41) is 3.10. The van der Waals surface area contributed by atoms with E-state index in [-0.39, 0.29) is 35.6 Å². The van der Waals surface area contributed by atoms with Crippen LogP contribution in [-0.2, 0) is 9.53 Å².